The van der Waals surface area contributed by atoms with Crippen LogP contribution in [0, 0.1) is 0 Å². The van der Waals surface area contributed by atoms with E-state index in [4.69, 9.17) is 4.74 Å². The van der Waals surface area contributed by atoms with Crippen molar-refractivity contribution in [2.45, 2.75) is 0 Å². The number of benzene rings is 2. The molecule has 118 valence electrons. The lowest BCUT2D eigenvalue weighted by atomic mass is 10.2. The Balaban J connectivity index is 1.64. The van der Waals surface area contributed by atoms with Crippen molar-refractivity contribution in [3.05, 3.63) is 66.2 Å². The summed E-state index contributed by atoms with van der Waals surface area (Å²) in [5.74, 6) is -0.194. The summed E-state index contributed by atoms with van der Waals surface area (Å²) in [6.07, 6.45) is 1.53. The maximum Gasteiger partial charge on any atom is 0.259 e. The topological polar surface area (TPSA) is 79.8 Å². The van der Waals surface area contributed by atoms with Gasteiger partial charge < -0.3 is 10.1 Å². The maximum absolute atomic E-state index is 11.6. The molecule has 0 aliphatic rings. The number of para-hydroxylation sites is 1. The van der Waals surface area contributed by atoms with E-state index in [1.165, 1.54) is 6.21 Å². The normalized spacial score (nSPS) is 10.3. The number of hydrazone groups is 1. The molecule has 23 heavy (non-hydrogen) atoms. The number of hydrogen-bond donors (Lipinski definition) is 2. The second-order valence-corrected chi connectivity index (χ2v) is 4.58. The second-order valence-electron chi connectivity index (χ2n) is 4.58. The zero-order valence-corrected chi connectivity index (χ0v) is 12.4. The lowest BCUT2D eigenvalue weighted by molar-refractivity contribution is -0.127. The van der Waals surface area contributed by atoms with Crippen LogP contribution in [0.4, 0.5) is 0 Å². The number of hydrogen-bond acceptors (Lipinski definition) is 4. The summed E-state index contributed by atoms with van der Waals surface area (Å²) in [6, 6.07) is 18.3. The van der Waals surface area contributed by atoms with Crippen molar-refractivity contribution in [3.8, 4) is 5.75 Å². The van der Waals surface area contributed by atoms with Gasteiger partial charge in [0.1, 0.15) is 5.75 Å². The molecule has 0 heterocycles. The van der Waals surface area contributed by atoms with Crippen molar-refractivity contribution in [1.82, 2.24) is 10.7 Å². The van der Waals surface area contributed by atoms with Crippen LogP contribution in [-0.2, 0) is 9.59 Å². The predicted molar refractivity (Wildman–Crippen MR) is 87.1 cm³/mol. The molecule has 0 saturated carbocycles. The van der Waals surface area contributed by atoms with Gasteiger partial charge in [0.25, 0.3) is 11.8 Å². The molecule has 0 atom stereocenters. The Bertz CT molecular complexity index is 657. The molecular weight excluding hydrogens is 294 g/mol. The van der Waals surface area contributed by atoms with E-state index < -0.39 is 5.91 Å². The molecule has 0 spiro atoms. The highest BCUT2D eigenvalue weighted by molar-refractivity contribution is 5.86. The standard InChI is InChI=1S/C17H17N3O3/c21-16(20-19-11-14-7-3-1-4-8-14)12-18-17(22)13-23-15-9-5-2-6-10-15/h1-11H,12-13H2,(H,18,22)(H,20,21). The van der Waals surface area contributed by atoms with Gasteiger partial charge in [0.2, 0.25) is 0 Å². The Morgan fingerprint density at radius 3 is 2.30 bits per heavy atom. The molecule has 0 unspecified atom stereocenters. The average molecular weight is 311 g/mol. The first-order valence-corrected chi connectivity index (χ1v) is 7.05. The Morgan fingerprint density at radius 1 is 0.957 bits per heavy atom. The average Bonchev–Trinajstić information content (AvgIpc) is 2.60. The summed E-state index contributed by atoms with van der Waals surface area (Å²) in [4.78, 5) is 23.1. The van der Waals surface area contributed by atoms with Gasteiger partial charge in [0.15, 0.2) is 6.61 Å². The van der Waals surface area contributed by atoms with E-state index in [1.807, 2.05) is 48.5 Å². The SMILES string of the molecule is O=C(COc1ccccc1)NCC(=O)NN=Cc1ccccc1. The van der Waals surface area contributed by atoms with Crippen LogP contribution in [0.5, 0.6) is 5.75 Å². The first-order chi connectivity index (χ1) is 11.2. The van der Waals surface area contributed by atoms with Crippen LogP contribution in [0.3, 0.4) is 0 Å². The maximum atomic E-state index is 11.6. The molecule has 2 amide bonds. The molecule has 0 fully saturated rings. The van der Waals surface area contributed by atoms with Crippen molar-refractivity contribution in [2.24, 2.45) is 5.10 Å². The van der Waals surface area contributed by atoms with E-state index in [2.05, 4.69) is 15.8 Å². The zero-order valence-electron chi connectivity index (χ0n) is 12.4. The molecule has 0 saturated heterocycles. The van der Waals surface area contributed by atoms with Crippen LogP contribution in [0.25, 0.3) is 0 Å². The molecule has 6 heteroatoms. The van der Waals surface area contributed by atoms with E-state index in [-0.39, 0.29) is 19.1 Å². The van der Waals surface area contributed by atoms with Crippen molar-refractivity contribution >= 4 is 18.0 Å². The van der Waals surface area contributed by atoms with Crippen molar-refractivity contribution in [1.29, 1.82) is 0 Å². The van der Waals surface area contributed by atoms with Crippen LogP contribution < -0.4 is 15.5 Å². The molecule has 0 radical (unpaired) electrons. The van der Waals surface area contributed by atoms with Gasteiger partial charge in [-0.15, -0.1) is 0 Å². The highest BCUT2D eigenvalue weighted by Gasteiger charge is 2.05. The smallest absolute Gasteiger partial charge is 0.259 e. The quantitative estimate of drug-likeness (QED) is 0.598. The van der Waals surface area contributed by atoms with E-state index in [0.717, 1.165) is 5.56 Å². The van der Waals surface area contributed by atoms with Gasteiger partial charge in [0.05, 0.1) is 12.8 Å². The molecule has 2 N–H and O–H groups in total. The van der Waals surface area contributed by atoms with Gasteiger partial charge in [-0.05, 0) is 17.7 Å². The molecule has 0 aliphatic heterocycles. The summed E-state index contributed by atoms with van der Waals surface area (Å²) in [5.41, 5.74) is 3.20. The van der Waals surface area contributed by atoms with E-state index in [1.54, 1.807) is 12.1 Å². The van der Waals surface area contributed by atoms with Crippen molar-refractivity contribution < 1.29 is 14.3 Å². The Kier molecular flexibility index (Phi) is 6.34. The second kappa shape index (κ2) is 8.99. The fourth-order valence-electron chi connectivity index (χ4n) is 1.65. The third-order valence-corrected chi connectivity index (χ3v) is 2.76. The number of rotatable bonds is 7. The highest BCUT2D eigenvalue weighted by atomic mass is 16.5. The summed E-state index contributed by atoms with van der Waals surface area (Å²) in [6.45, 7) is -0.312. The molecule has 2 aromatic rings. The minimum atomic E-state index is -0.412. The molecule has 0 aliphatic carbocycles. The lowest BCUT2D eigenvalue weighted by Crippen LogP contribution is -2.37. The van der Waals surface area contributed by atoms with Crippen LogP contribution in [0.1, 0.15) is 5.56 Å². The van der Waals surface area contributed by atoms with Gasteiger partial charge in [-0.2, -0.15) is 5.10 Å². The summed E-state index contributed by atoms with van der Waals surface area (Å²) in [5, 5.41) is 6.26. The number of carbonyl (C=O) groups is 2. The molecule has 2 aromatic carbocycles. The van der Waals surface area contributed by atoms with E-state index in [9.17, 15) is 9.59 Å². The Hall–Kier alpha value is -3.15. The third-order valence-electron chi connectivity index (χ3n) is 2.76. The Labute approximate surface area is 134 Å². The van der Waals surface area contributed by atoms with Crippen LogP contribution in [0.15, 0.2) is 65.8 Å². The monoisotopic (exact) mass is 311 g/mol. The van der Waals surface area contributed by atoms with Crippen LogP contribution >= 0.6 is 0 Å². The molecule has 2 rings (SSSR count). The highest BCUT2D eigenvalue weighted by Crippen LogP contribution is 2.07. The number of amides is 2. The van der Waals surface area contributed by atoms with Gasteiger partial charge in [-0.1, -0.05) is 48.5 Å². The number of ether oxygens (including phenoxy) is 1. The third kappa shape index (κ3) is 6.43. The van der Waals surface area contributed by atoms with Gasteiger partial charge in [0, 0.05) is 0 Å². The van der Waals surface area contributed by atoms with Crippen LogP contribution in [0.2, 0.25) is 0 Å². The van der Waals surface area contributed by atoms with E-state index in [0.29, 0.717) is 5.75 Å². The van der Waals surface area contributed by atoms with Crippen molar-refractivity contribution in [2.75, 3.05) is 13.2 Å². The summed E-state index contributed by atoms with van der Waals surface area (Å²) in [7, 11) is 0. The fraction of sp³-hybridized carbons (Fsp3) is 0.118. The lowest BCUT2D eigenvalue weighted by Gasteiger charge is -2.06. The minimum Gasteiger partial charge on any atom is -0.484 e. The molecule has 6 nitrogen and oxygen atoms in total. The number of nitrogens with one attached hydrogen (secondary N) is 2. The van der Waals surface area contributed by atoms with E-state index >= 15 is 0 Å². The predicted octanol–water partition coefficient (Wildman–Crippen LogP) is 1.33. The number of nitrogens with zero attached hydrogens (tertiary/aromatic N) is 1. The molecular formula is C17H17N3O3. The number of carbonyl (C=O) groups excluding carboxylic acids is 2. The first-order valence-electron chi connectivity index (χ1n) is 7.05. The van der Waals surface area contributed by atoms with Gasteiger partial charge in [-0.3, -0.25) is 9.59 Å². The molecule has 0 bridgehead atoms. The first kappa shape index (κ1) is 16.2. The fourth-order valence-corrected chi connectivity index (χ4v) is 1.65. The molecule has 0 aromatic heterocycles. The summed E-state index contributed by atoms with van der Waals surface area (Å²) < 4.78 is 5.27. The van der Waals surface area contributed by atoms with Crippen molar-refractivity contribution in [3.63, 3.8) is 0 Å². The Morgan fingerprint density at radius 2 is 1.61 bits per heavy atom. The van der Waals surface area contributed by atoms with Crippen LogP contribution in [-0.4, -0.2) is 31.2 Å². The van der Waals surface area contributed by atoms with Gasteiger partial charge >= 0.3 is 0 Å². The zero-order chi connectivity index (χ0) is 16.3. The van der Waals surface area contributed by atoms with Gasteiger partial charge in [-0.25, -0.2) is 5.43 Å². The largest absolute Gasteiger partial charge is 0.484 e. The minimum absolute atomic E-state index is 0.148. The summed E-state index contributed by atoms with van der Waals surface area (Å²) >= 11 is 0.